The second kappa shape index (κ2) is 16.4. The van der Waals surface area contributed by atoms with Crippen molar-refractivity contribution in [2.75, 3.05) is 4.90 Å². The normalized spacial score (nSPS) is 12.7. The van der Waals surface area contributed by atoms with E-state index in [9.17, 15) is 0 Å². The summed E-state index contributed by atoms with van der Waals surface area (Å²) in [7, 11) is 0. The van der Waals surface area contributed by atoms with Crippen LogP contribution in [0.2, 0.25) is 0 Å². The fourth-order valence-electron chi connectivity index (χ4n) is 11.3. The second-order valence-electron chi connectivity index (χ2n) is 18.4. The van der Waals surface area contributed by atoms with E-state index in [0.717, 1.165) is 17.1 Å². The van der Waals surface area contributed by atoms with Gasteiger partial charge >= 0.3 is 0 Å². The van der Waals surface area contributed by atoms with Crippen molar-refractivity contribution in [2.24, 2.45) is 0 Å². The van der Waals surface area contributed by atoms with E-state index in [1.54, 1.807) is 0 Å². The van der Waals surface area contributed by atoms with E-state index >= 15 is 0 Å². The van der Waals surface area contributed by atoms with E-state index in [1.165, 1.54) is 107 Å². The van der Waals surface area contributed by atoms with Crippen LogP contribution < -0.4 is 4.90 Å². The Balaban J connectivity index is 0.919. The Labute approximate surface area is 415 Å². The third-order valence-corrected chi connectivity index (χ3v) is 16.8. The Morgan fingerprint density at radius 1 is 0.257 bits per heavy atom. The summed E-state index contributed by atoms with van der Waals surface area (Å²) in [4.78, 5) is 2.41. The predicted molar refractivity (Wildman–Crippen MR) is 301 cm³/mol. The maximum absolute atomic E-state index is 2.45. The zero-order valence-electron chi connectivity index (χ0n) is 38.1. The third kappa shape index (κ3) is 6.50. The molecule has 0 bridgehead atoms. The Morgan fingerprint density at radius 2 is 0.686 bits per heavy atom. The number of hydrogen-bond donors (Lipinski definition) is 0. The quantitative estimate of drug-likeness (QED) is 0.147. The van der Waals surface area contributed by atoms with Crippen LogP contribution in [0.15, 0.2) is 261 Å². The summed E-state index contributed by atoms with van der Waals surface area (Å²) in [5.41, 5.74) is 17.7. The molecule has 11 aromatic carbocycles. The summed E-state index contributed by atoms with van der Waals surface area (Å²) in [5, 5.41) is 5.24. The SMILES string of the molecule is c1ccc(N(c2ccc(-c3cc(-c4ccc5sc6ccccc6c5c4)cc(-c4ccc5sc6ccccc6c5c4)c3)cc2)c2ccc3c(c2)C(c2ccccc2)(c2ccccc2)c2ccccc2-3)cc1. The number of rotatable bonds is 8. The van der Waals surface area contributed by atoms with Gasteiger partial charge in [0.05, 0.1) is 5.41 Å². The molecule has 0 unspecified atom stereocenters. The predicted octanol–water partition coefficient (Wildman–Crippen LogP) is 19.3. The van der Waals surface area contributed by atoms with Crippen molar-refractivity contribution >= 4 is 80.1 Å². The minimum atomic E-state index is -0.499. The molecule has 0 radical (unpaired) electrons. The number of nitrogens with zero attached hydrogens (tertiary/aromatic N) is 1. The molecule has 70 heavy (non-hydrogen) atoms. The largest absolute Gasteiger partial charge is 0.310 e. The van der Waals surface area contributed by atoms with Crippen LogP contribution >= 0.6 is 22.7 Å². The lowest BCUT2D eigenvalue weighted by molar-refractivity contribution is 0.768. The fourth-order valence-corrected chi connectivity index (χ4v) is 13.5. The highest BCUT2D eigenvalue weighted by atomic mass is 32.1. The Morgan fingerprint density at radius 3 is 1.27 bits per heavy atom. The first-order valence-corrected chi connectivity index (χ1v) is 25.6. The molecule has 0 fully saturated rings. The van der Waals surface area contributed by atoms with Crippen molar-refractivity contribution in [1.82, 2.24) is 0 Å². The summed E-state index contributed by atoms with van der Waals surface area (Å²) in [6.45, 7) is 0. The highest BCUT2D eigenvalue weighted by Gasteiger charge is 2.46. The van der Waals surface area contributed by atoms with Crippen LogP contribution in [-0.4, -0.2) is 0 Å². The molecule has 328 valence electrons. The Hall–Kier alpha value is -8.34. The van der Waals surface area contributed by atoms with Crippen LogP contribution in [0.3, 0.4) is 0 Å². The molecule has 3 heteroatoms. The maximum Gasteiger partial charge on any atom is 0.0714 e. The highest BCUT2D eigenvalue weighted by Crippen LogP contribution is 2.57. The van der Waals surface area contributed by atoms with Crippen LogP contribution in [0.4, 0.5) is 17.1 Å². The molecule has 2 aromatic heterocycles. The van der Waals surface area contributed by atoms with Crippen LogP contribution in [-0.2, 0) is 5.41 Å². The molecule has 1 aliphatic carbocycles. The van der Waals surface area contributed by atoms with Gasteiger partial charge in [-0.1, -0.05) is 170 Å². The first-order chi connectivity index (χ1) is 34.7. The molecule has 0 aliphatic heterocycles. The molecule has 0 saturated carbocycles. The number of para-hydroxylation sites is 1. The number of benzene rings is 11. The molecule has 13 aromatic rings. The second-order valence-corrected chi connectivity index (χ2v) is 20.6. The van der Waals surface area contributed by atoms with Crippen molar-refractivity contribution in [3.8, 4) is 44.5 Å². The molecule has 0 atom stereocenters. The van der Waals surface area contributed by atoms with Crippen LogP contribution in [0.25, 0.3) is 84.9 Å². The van der Waals surface area contributed by atoms with Gasteiger partial charge in [-0.05, 0) is 158 Å². The molecular formula is C67H43NS2. The topological polar surface area (TPSA) is 3.24 Å². The van der Waals surface area contributed by atoms with Crippen LogP contribution in [0.1, 0.15) is 22.3 Å². The van der Waals surface area contributed by atoms with Gasteiger partial charge in [-0.2, -0.15) is 0 Å². The standard InChI is InChI=1S/C67H43NS2/c1-4-16-50(17-5-1)67(51-18-6-2-7-19-51)61-25-13-10-22-55(61)56-35-34-54(43-62(56)67)68(52-20-8-3-9-21-52)53-32-28-44(29-33-53)47-38-48(45-30-36-65-59(41-45)57-23-11-14-26-63(57)69-65)40-49(39-47)46-31-37-66-60(42-46)58-24-12-15-27-64(58)70-66/h1-43H. The number of fused-ring (bicyclic) bond motifs is 9. The molecule has 1 nitrogen and oxygen atoms in total. The molecular weight excluding hydrogens is 883 g/mol. The molecule has 14 rings (SSSR count). The van der Waals surface area contributed by atoms with Crippen molar-refractivity contribution in [2.45, 2.75) is 5.41 Å². The number of thiophene rings is 2. The molecule has 2 heterocycles. The van der Waals surface area contributed by atoms with Gasteiger partial charge in [-0.3, -0.25) is 0 Å². The Bertz CT molecular complexity index is 3940. The fraction of sp³-hybridized carbons (Fsp3) is 0.0149. The summed E-state index contributed by atoms with van der Waals surface area (Å²) >= 11 is 3.73. The molecule has 0 N–H and O–H groups in total. The summed E-state index contributed by atoms with van der Waals surface area (Å²) in [6.07, 6.45) is 0. The number of hydrogen-bond acceptors (Lipinski definition) is 3. The molecule has 0 saturated heterocycles. The number of anilines is 3. The zero-order chi connectivity index (χ0) is 46.2. The van der Waals surface area contributed by atoms with Gasteiger partial charge in [0, 0.05) is 57.4 Å². The lowest BCUT2D eigenvalue weighted by Gasteiger charge is -2.35. The van der Waals surface area contributed by atoms with Gasteiger partial charge in [-0.15, -0.1) is 22.7 Å². The lowest BCUT2D eigenvalue weighted by Crippen LogP contribution is -2.28. The van der Waals surface area contributed by atoms with Gasteiger partial charge in [-0.25, -0.2) is 0 Å². The monoisotopic (exact) mass is 925 g/mol. The zero-order valence-corrected chi connectivity index (χ0v) is 39.7. The van der Waals surface area contributed by atoms with E-state index in [1.807, 2.05) is 22.7 Å². The molecule has 0 spiro atoms. The van der Waals surface area contributed by atoms with Gasteiger partial charge in [0.25, 0.3) is 0 Å². The van der Waals surface area contributed by atoms with E-state index in [-0.39, 0.29) is 0 Å². The van der Waals surface area contributed by atoms with E-state index in [0.29, 0.717) is 0 Å². The van der Waals surface area contributed by atoms with E-state index in [2.05, 4.69) is 266 Å². The van der Waals surface area contributed by atoms with Crippen molar-refractivity contribution in [1.29, 1.82) is 0 Å². The van der Waals surface area contributed by atoms with Crippen molar-refractivity contribution in [3.05, 3.63) is 283 Å². The minimum absolute atomic E-state index is 0.499. The summed E-state index contributed by atoms with van der Waals surface area (Å²) in [5.74, 6) is 0. The third-order valence-electron chi connectivity index (χ3n) is 14.5. The molecule has 1 aliphatic rings. The van der Waals surface area contributed by atoms with Gasteiger partial charge in [0.15, 0.2) is 0 Å². The smallest absolute Gasteiger partial charge is 0.0714 e. The minimum Gasteiger partial charge on any atom is -0.310 e. The van der Waals surface area contributed by atoms with E-state index in [4.69, 9.17) is 0 Å². The van der Waals surface area contributed by atoms with Crippen molar-refractivity contribution < 1.29 is 0 Å². The Kier molecular flexibility index (Phi) is 9.55. The average Bonchev–Trinajstić information content (AvgIpc) is 4.10. The maximum atomic E-state index is 2.45. The first-order valence-electron chi connectivity index (χ1n) is 24.0. The molecule has 0 amide bonds. The summed E-state index contributed by atoms with van der Waals surface area (Å²) in [6, 6.07) is 96.9. The summed E-state index contributed by atoms with van der Waals surface area (Å²) < 4.78 is 5.27. The lowest BCUT2D eigenvalue weighted by atomic mass is 9.67. The average molecular weight is 926 g/mol. The van der Waals surface area contributed by atoms with Gasteiger partial charge < -0.3 is 4.90 Å². The van der Waals surface area contributed by atoms with E-state index < -0.39 is 5.41 Å². The van der Waals surface area contributed by atoms with Crippen LogP contribution in [0, 0.1) is 0 Å². The van der Waals surface area contributed by atoms with Crippen molar-refractivity contribution in [3.63, 3.8) is 0 Å². The van der Waals surface area contributed by atoms with Gasteiger partial charge in [0.1, 0.15) is 0 Å². The highest BCUT2D eigenvalue weighted by molar-refractivity contribution is 7.26. The van der Waals surface area contributed by atoms with Crippen LogP contribution in [0.5, 0.6) is 0 Å². The first kappa shape index (κ1) is 40.7. The van der Waals surface area contributed by atoms with Gasteiger partial charge in [0.2, 0.25) is 0 Å².